The molecule has 1 aromatic carbocycles. The van der Waals surface area contributed by atoms with Crippen LogP contribution in [0.4, 0.5) is 4.39 Å². The number of ether oxygens (including phenoxy) is 2. The molecule has 0 heterocycles. The van der Waals surface area contributed by atoms with Gasteiger partial charge in [-0.25, -0.2) is 4.39 Å². The maximum absolute atomic E-state index is 13.9. The molecule has 0 saturated carbocycles. The summed E-state index contributed by atoms with van der Waals surface area (Å²) in [4.78, 5) is 23.7. The van der Waals surface area contributed by atoms with Crippen LogP contribution in [0.3, 0.4) is 0 Å². The van der Waals surface area contributed by atoms with Crippen molar-refractivity contribution in [1.29, 1.82) is 0 Å². The molecule has 1 rings (SSSR count). The van der Waals surface area contributed by atoms with Crippen molar-refractivity contribution in [3.63, 3.8) is 0 Å². The van der Waals surface area contributed by atoms with Gasteiger partial charge in [-0.1, -0.05) is 6.07 Å². The largest absolute Gasteiger partial charge is 0.465 e. The molecule has 0 atom stereocenters. The first kappa shape index (κ1) is 15.9. The molecule has 0 saturated heterocycles. The first-order valence-electron chi connectivity index (χ1n) is 5.80. The normalized spacial score (nSPS) is 10.4. The number of esters is 2. The van der Waals surface area contributed by atoms with Crippen molar-refractivity contribution in [1.82, 2.24) is 0 Å². The summed E-state index contributed by atoms with van der Waals surface area (Å²) >= 11 is 1.87. The second kappa shape index (κ2) is 7.42. The Morgan fingerprint density at radius 2 is 1.74 bits per heavy atom. The number of hydrogen-bond acceptors (Lipinski definition) is 4. The van der Waals surface area contributed by atoms with Crippen molar-refractivity contribution in [2.45, 2.75) is 19.8 Å². The second-order valence-corrected chi connectivity index (χ2v) is 4.73. The van der Waals surface area contributed by atoms with E-state index >= 15 is 0 Å². The fraction of sp³-hybridized carbons (Fsp3) is 0.385. The molecule has 6 heteroatoms. The van der Waals surface area contributed by atoms with Crippen molar-refractivity contribution in [3.05, 3.63) is 33.1 Å². The maximum Gasteiger partial charge on any atom is 0.325 e. The molecule has 0 radical (unpaired) electrons. The first-order chi connectivity index (χ1) is 9.02. The standard InChI is InChI=1S/C13H14FIO4/c1-3-18-12(16)11(13(17)19-4-2)10-8(14)6-5-7-9(10)15/h5-7,11H,3-4H2,1-2H3. The summed E-state index contributed by atoms with van der Waals surface area (Å²) in [5.74, 6) is -3.61. The summed E-state index contributed by atoms with van der Waals surface area (Å²) in [7, 11) is 0. The van der Waals surface area contributed by atoms with E-state index < -0.39 is 23.7 Å². The van der Waals surface area contributed by atoms with Gasteiger partial charge in [0.05, 0.1) is 13.2 Å². The molecule has 0 amide bonds. The molecule has 0 unspecified atom stereocenters. The fourth-order valence-corrected chi connectivity index (χ4v) is 2.35. The number of carbonyl (C=O) groups excluding carboxylic acids is 2. The van der Waals surface area contributed by atoms with Gasteiger partial charge >= 0.3 is 11.9 Å². The van der Waals surface area contributed by atoms with Crippen LogP contribution in [0.1, 0.15) is 25.3 Å². The number of hydrogen-bond donors (Lipinski definition) is 0. The van der Waals surface area contributed by atoms with Gasteiger partial charge in [-0.2, -0.15) is 0 Å². The van der Waals surface area contributed by atoms with Crippen LogP contribution in [-0.4, -0.2) is 25.2 Å². The van der Waals surface area contributed by atoms with Crippen LogP contribution in [0.15, 0.2) is 18.2 Å². The van der Waals surface area contributed by atoms with E-state index in [1.54, 1.807) is 19.9 Å². The highest BCUT2D eigenvalue weighted by atomic mass is 127. The highest BCUT2D eigenvalue weighted by molar-refractivity contribution is 14.1. The molecular weight excluding hydrogens is 366 g/mol. The third-order valence-electron chi connectivity index (χ3n) is 2.33. The minimum Gasteiger partial charge on any atom is -0.465 e. The van der Waals surface area contributed by atoms with Gasteiger partial charge < -0.3 is 9.47 Å². The molecule has 0 aliphatic carbocycles. The Bertz CT molecular complexity index is 437. The summed E-state index contributed by atoms with van der Waals surface area (Å²) in [5.41, 5.74) is 0.000000000000000222. The van der Waals surface area contributed by atoms with Crippen LogP contribution >= 0.6 is 22.6 Å². The molecule has 104 valence electrons. The van der Waals surface area contributed by atoms with Gasteiger partial charge in [-0.3, -0.25) is 9.59 Å². The molecular formula is C13H14FIO4. The van der Waals surface area contributed by atoms with E-state index in [1.807, 2.05) is 22.6 Å². The summed E-state index contributed by atoms with van der Waals surface area (Å²) in [6, 6.07) is 4.32. The van der Waals surface area contributed by atoms with Crippen molar-refractivity contribution >= 4 is 34.5 Å². The molecule has 19 heavy (non-hydrogen) atoms. The summed E-state index contributed by atoms with van der Waals surface area (Å²) in [6.07, 6.45) is 0. The highest BCUT2D eigenvalue weighted by Gasteiger charge is 2.35. The molecule has 0 fully saturated rings. The number of halogens is 2. The van der Waals surface area contributed by atoms with Gasteiger partial charge in [-0.15, -0.1) is 0 Å². The van der Waals surface area contributed by atoms with Gasteiger partial charge in [0.15, 0.2) is 5.92 Å². The quantitative estimate of drug-likeness (QED) is 0.448. The third-order valence-corrected chi connectivity index (χ3v) is 3.27. The van der Waals surface area contributed by atoms with E-state index in [2.05, 4.69) is 0 Å². The lowest BCUT2D eigenvalue weighted by Gasteiger charge is -2.16. The first-order valence-corrected chi connectivity index (χ1v) is 6.87. The molecule has 0 spiro atoms. The Morgan fingerprint density at radius 1 is 1.21 bits per heavy atom. The molecule has 0 N–H and O–H groups in total. The van der Waals surface area contributed by atoms with Crippen LogP contribution in [0.5, 0.6) is 0 Å². The van der Waals surface area contributed by atoms with Crippen molar-refractivity contribution in [2.75, 3.05) is 13.2 Å². The Kier molecular flexibility index (Phi) is 6.20. The molecule has 1 aromatic rings. The van der Waals surface area contributed by atoms with E-state index in [-0.39, 0.29) is 18.8 Å². The summed E-state index contributed by atoms with van der Waals surface area (Å²) in [6.45, 7) is 3.46. The van der Waals surface area contributed by atoms with Crippen LogP contribution in [0.2, 0.25) is 0 Å². The monoisotopic (exact) mass is 380 g/mol. The Hall–Kier alpha value is -1.18. The average Bonchev–Trinajstić information content (AvgIpc) is 2.34. The molecule has 0 bridgehead atoms. The number of carbonyl (C=O) groups is 2. The fourth-order valence-electron chi connectivity index (χ4n) is 1.57. The van der Waals surface area contributed by atoms with Crippen molar-refractivity contribution in [3.8, 4) is 0 Å². The van der Waals surface area contributed by atoms with Crippen LogP contribution in [0, 0.1) is 9.39 Å². The Balaban J connectivity index is 3.23. The van der Waals surface area contributed by atoms with Crippen molar-refractivity contribution in [2.24, 2.45) is 0 Å². The minimum absolute atomic E-state index is 0.000000000000000222. The topological polar surface area (TPSA) is 52.6 Å². The Morgan fingerprint density at radius 3 is 2.16 bits per heavy atom. The van der Waals surface area contributed by atoms with Gasteiger partial charge in [0.2, 0.25) is 0 Å². The Labute approximate surface area is 124 Å². The maximum atomic E-state index is 13.9. The van der Waals surface area contributed by atoms with E-state index in [0.717, 1.165) is 0 Å². The SMILES string of the molecule is CCOC(=O)C(C(=O)OCC)c1c(F)cccc1I. The molecule has 4 nitrogen and oxygen atoms in total. The minimum atomic E-state index is -1.38. The number of benzene rings is 1. The van der Waals surface area contributed by atoms with Crippen LogP contribution in [-0.2, 0) is 19.1 Å². The van der Waals surface area contributed by atoms with E-state index in [9.17, 15) is 14.0 Å². The van der Waals surface area contributed by atoms with Gasteiger partial charge in [-0.05, 0) is 48.6 Å². The van der Waals surface area contributed by atoms with E-state index in [4.69, 9.17) is 9.47 Å². The molecule has 0 aromatic heterocycles. The molecule has 0 aliphatic rings. The second-order valence-electron chi connectivity index (χ2n) is 3.57. The lowest BCUT2D eigenvalue weighted by Crippen LogP contribution is -2.27. The third kappa shape index (κ3) is 3.89. The zero-order chi connectivity index (χ0) is 14.4. The van der Waals surface area contributed by atoms with Gasteiger partial charge in [0.1, 0.15) is 5.82 Å². The van der Waals surface area contributed by atoms with Crippen LogP contribution < -0.4 is 0 Å². The predicted octanol–water partition coefficient (Wildman–Crippen LogP) is 2.64. The highest BCUT2D eigenvalue weighted by Crippen LogP contribution is 2.27. The molecule has 0 aliphatic heterocycles. The average molecular weight is 380 g/mol. The van der Waals surface area contributed by atoms with Crippen LogP contribution in [0.25, 0.3) is 0 Å². The van der Waals surface area contributed by atoms with Gasteiger partial charge in [0.25, 0.3) is 0 Å². The zero-order valence-electron chi connectivity index (χ0n) is 10.6. The number of rotatable bonds is 5. The summed E-state index contributed by atoms with van der Waals surface area (Å²) in [5, 5.41) is 0. The van der Waals surface area contributed by atoms with E-state index in [0.29, 0.717) is 3.57 Å². The predicted molar refractivity (Wildman–Crippen MR) is 75.1 cm³/mol. The van der Waals surface area contributed by atoms with Crippen molar-refractivity contribution < 1.29 is 23.5 Å². The van der Waals surface area contributed by atoms with E-state index in [1.165, 1.54) is 12.1 Å². The lowest BCUT2D eigenvalue weighted by molar-refractivity contribution is -0.157. The zero-order valence-corrected chi connectivity index (χ0v) is 12.8. The lowest BCUT2D eigenvalue weighted by atomic mass is 9.99. The van der Waals surface area contributed by atoms with Gasteiger partial charge in [0, 0.05) is 9.13 Å². The smallest absolute Gasteiger partial charge is 0.325 e. The summed E-state index contributed by atoms with van der Waals surface area (Å²) < 4.78 is 24.0.